The van der Waals surface area contributed by atoms with Gasteiger partial charge >= 0.3 is 0 Å². The lowest BCUT2D eigenvalue weighted by atomic mass is 9.87. The number of nitrogens with one attached hydrogen (secondary N) is 1. The molecule has 1 aliphatic rings. The summed E-state index contributed by atoms with van der Waals surface area (Å²) >= 11 is 0. The molecule has 0 saturated carbocycles. The predicted molar refractivity (Wildman–Crippen MR) is 134 cm³/mol. The van der Waals surface area contributed by atoms with Crippen molar-refractivity contribution in [3.8, 4) is 11.4 Å². The van der Waals surface area contributed by atoms with E-state index in [-0.39, 0.29) is 22.9 Å². The maximum atomic E-state index is 13.0. The van der Waals surface area contributed by atoms with E-state index >= 15 is 0 Å². The molecule has 36 heavy (non-hydrogen) atoms. The lowest BCUT2D eigenvalue weighted by Crippen LogP contribution is -2.13. The SMILES string of the molecule is Cn1ccc(Nc2ncnc(-c3ccc4c(c3)CCCC[C@H]4CC(=O)c3noc(C(C)(C)C)n3)n2)n1. The zero-order chi connectivity index (χ0) is 25.3. The summed E-state index contributed by atoms with van der Waals surface area (Å²) in [6.45, 7) is 5.95. The first-order chi connectivity index (χ1) is 17.3. The Morgan fingerprint density at radius 1 is 1.17 bits per heavy atom. The van der Waals surface area contributed by atoms with Crippen LogP contribution in [0.15, 0.2) is 41.3 Å². The third kappa shape index (κ3) is 5.17. The second-order valence-electron chi connectivity index (χ2n) is 10.3. The van der Waals surface area contributed by atoms with Crippen LogP contribution in [0, 0.1) is 0 Å². The van der Waals surface area contributed by atoms with Crippen molar-refractivity contribution in [2.45, 2.75) is 64.2 Å². The normalized spacial score (nSPS) is 15.8. The maximum Gasteiger partial charge on any atom is 0.238 e. The summed E-state index contributed by atoms with van der Waals surface area (Å²) < 4.78 is 7.04. The van der Waals surface area contributed by atoms with Gasteiger partial charge in [-0.3, -0.25) is 9.48 Å². The number of hydrogen-bond acceptors (Lipinski definition) is 9. The van der Waals surface area contributed by atoms with E-state index in [2.05, 4.69) is 47.6 Å². The molecule has 0 saturated heterocycles. The predicted octanol–water partition coefficient (Wildman–Crippen LogP) is 4.78. The number of ketones is 1. The van der Waals surface area contributed by atoms with Crippen molar-refractivity contribution in [2.75, 3.05) is 5.32 Å². The van der Waals surface area contributed by atoms with Crippen LogP contribution in [0.1, 0.15) is 80.0 Å². The van der Waals surface area contributed by atoms with Crippen LogP contribution in [0.3, 0.4) is 0 Å². The Kier molecular flexibility index (Phi) is 6.34. The molecule has 0 fully saturated rings. The minimum Gasteiger partial charge on any atom is -0.338 e. The highest BCUT2D eigenvalue weighted by atomic mass is 16.5. The van der Waals surface area contributed by atoms with E-state index in [1.54, 1.807) is 4.68 Å². The zero-order valence-corrected chi connectivity index (χ0v) is 21.0. The number of aryl methyl sites for hydroxylation is 2. The molecule has 0 spiro atoms. The Morgan fingerprint density at radius 3 is 2.78 bits per heavy atom. The minimum absolute atomic E-state index is 0.0844. The Bertz CT molecular complexity index is 1380. The van der Waals surface area contributed by atoms with Crippen molar-refractivity contribution >= 4 is 17.5 Å². The van der Waals surface area contributed by atoms with Crippen LogP contribution in [0.2, 0.25) is 0 Å². The fourth-order valence-electron chi connectivity index (χ4n) is 4.48. The molecule has 0 unspecified atom stereocenters. The van der Waals surface area contributed by atoms with Crippen LogP contribution in [0.25, 0.3) is 11.4 Å². The first kappa shape index (κ1) is 23.8. The molecule has 0 bridgehead atoms. The van der Waals surface area contributed by atoms with Gasteiger partial charge in [-0.05, 0) is 42.4 Å². The number of fused-ring (bicyclic) bond motifs is 1. The van der Waals surface area contributed by atoms with Gasteiger partial charge in [0.05, 0.1) is 0 Å². The number of anilines is 2. The molecule has 0 amide bonds. The lowest BCUT2D eigenvalue weighted by molar-refractivity contribution is 0.0959. The monoisotopic (exact) mass is 486 g/mol. The second kappa shape index (κ2) is 9.60. The van der Waals surface area contributed by atoms with E-state index in [9.17, 15) is 4.79 Å². The van der Waals surface area contributed by atoms with Gasteiger partial charge in [0.1, 0.15) is 6.33 Å². The van der Waals surface area contributed by atoms with Crippen molar-refractivity contribution in [3.63, 3.8) is 0 Å². The van der Waals surface area contributed by atoms with Crippen LogP contribution >= 0.6 is 0 Å². The van der Waals surface area contributed by atoms with Gasteiger partial charge in [0, 0.05) is 36.7 Å². The smallest absolute Gasteiger partial charge is 0.238 e. The summed E-state index contributed by atoms with van der Waals surface area (Å²) in [7, 11) is 1.85. The van der Waals surface area contributed by atoms with E-state index in [0.717, 1.165) is 31.2 Å². The molecule has 10 nitrogen and oxygen atoms in total. The summed E-state index contributed by atoms with van der Waals surface area (Å²) in [5.41, 5.74) is 3.05. The van der Waals surface area contributed by atoms with Gasteiger partial charge in [-0.15, -0.1) is 0 Å². The Labute approximate surface area is 209 Å². The highest BCUT2D eigenvalue weighted by Gasteiger charge is 2.27. The first-order valence-electron chi connectivity index (χ1n) is 12.2. The fraction of sp³-hybridized carbons (Fsp3) is 0.423. The first-order valence-corrected chi connectivity index (χ1v) is 12.2. The Morgan fingerprint density at radius 2 is 2.03 bits per heavy atom. The quantitative estimate of drug-likeness (QED) is 0.303. The average molecular weight is 487 g/mol. The molecule has 1 atom stereocenters. The highest BCUT2D eigenvalue weighted by molar-refractivity contribution is 5.93. The van der Waals surface area contributed by atoms with Crippen molar-refractivity contribution in [3.05, 3.63) is 59.6 Å². The molecule has 186 valence electrons. The third-order valence-electron chi connectivity index (χ3n) is 6.36. The number of aromatic nitrogens is 7. The van der Waals surface area contributed by atoms with Gasteiger partial charge in [0.2, 0.25) is 23.4 Å². The fourth-order valence-corrected chi connectivity index (χ4v) is 4.48. The number of rotatable bonds is 6. The minimum atomic E-state index is -0.293. The van der Waals surface area contributed by atoms with Gasteiger partial charge < -0.3 is 9.84 Å². The van der Waals surface area contributed by atoms with Crippen molar-refractivity contribution < 1.29 is 9.32 Å². The molecule has 5 rings (SSSR count). The van der Waals surface area contributed by atoms with E-state index < -0.39 is 0 Å². The molecular weight excluding hydrogens is 456 g/mol. The van der Waals surface area contributed by atoms with Crippen LogP contribution in [0.5, 0.6) is 0 Å². The summed E-state index contributed by atoms with van der Waals surface area (Å²) in [4.78, 5) is 30.6. The highest BCUT2D eigenvalue weighted by Crippen LogP contribution is 2.35. The van der Waals surface area contributed by atoms with E-state index in [1.165, 1.54) is 17.5 Å². The molecule has 10 heteroatoms. The average Bonchev–Trinajstić information content (AvgIpc) is 3.46. The number of benzene rings is 1. The van der Waals surface area contributed by atoms with Crippen molar-refractivity contribution in [1.82, 2.24) is 34.9 Å². The molecule has 1 N–H and O–H groups in total. The second-order valence-corrected chi connectivity index (χ2v) is 10.3. The molecular formula is C26H30N8O2. The molecule has 4 aromatic rings. The summed E-state index contributed by atoms with van der Waals surface area (Å²) in [6.07, 6.45) is 7.74. The van der Waals surface area contributed by atoms with Gasteiger partial charge in [-0.1, -0.05) is 44.5 Å². The summed E-state index contributed by atoms with van der Waals surface area (Å²) in [5, 5.41) is 11.4. The molecule has 0 radical (unpaired) electrons. The molecule has 1 aromatic carbocycles. The van der Waals surface area contributed by atoms with Gasteiger partial charge in [-0.2, -0.15) is 15.1 Å². The number of carbonyl (C=O) groups is 1. The van der Waals surface area contributed by atoms with Crippen molar-refractivity contribution in [2.24, 2.45) is 7.05 Å². The molecule has 1 aliphatic carbocycles. The summed E-state index contributed by atoms with van der Waals surface area (Å²) in [6, 6.07) is 8.13. The van der Waals surface area contributed by atoms with Gasteiger partial charge in [0.25, 0.3) is 0 Å². The lowest BCUT2D eigenvalue weighted by Gasteiger charge is -2.17. The van der Waals surface area contributed by atoms with Crippen LogP contribution in [-0.2, 0) is 18.9 Å². The van der Waals surface area contributed by atoms with Crippen LogP contribution < -0.4 is 5.32 Å². The topological polar surface area (TPSA) is 125 Å². The van der Waals surface area contributed by atoms with E-state index in [4.69, 9.17) is 4.52 Å². The van der Waals surface area contributed by atoms with Crippen molar-refractivity contribution in [1.29, 1.82) is 0 Å². The van der Waals surface area contributed by atoms with Gasteiger partial charge in [-0.25, -0.2) is 9.97 Å². The molecule has 0 aliphatic heterocycles. The number of nitrogens with zero attached hydrogens (tertiary/aromatic N) is 7. The summed E-state index contributed by atoms with van der Waals surface area (Å²) in [5.74, 6) is 2.36. The Balaban J connectivity index is 1.36. The van der Waals surface area contributed by atoms with Crippen LogP contribution in [-0.4, -0.2) is 40.7 Å². The van der Waals surface area contributed by atoms with E-state index in [1.807, 2.05) is 46.1 Å². The third-order valence-corrected chi connectivity index (χ3v) is 6.36. The standard InChI is InChI=1S/C26H30N8O2/c1-26(2,3)24-30-23(33-36-24)20(35)14-17-8-6-5-7-16-13-18(9-10-19(16)17)22-27-15-28-25(31-22)29-21-11-12-34(4)32-21/h9-13,15,17H,5-8,14H2,1-4H3,(H,27,28,29,31,32)/t17-/m0/s1. The largest absolute Gasteiger partial charge is 0.338 e. The number of carbonyl (C=O) groups excluding carboxylic acids is 1. The molecule has 3 heterocycles. The molecule has 3 aromatic heterocycles. The maximum absolute atomic E-state index is 13.0. The Hall–Kier alpha value is -3.95. The van der Waals surface area contributed by atoms with Gasteiger partial charge in [0.15, 0.2) is 11.6 Å². The van der Waals surface area contributed by atoms with E-state index in [0.29, 0.717) is 29.9 Å². The number of hydrogen-bond donors (Lipinski definition) is 1. The number of Topliss-reactive ketones (excluding diaryl/α,β-unsaturated/α-hetero) is 1. The van der Waals surface area contributed by atoms with Crippen LogP contribution in [0.4, 0.5) is 11.8 Å². The zero-order valence-electron chi connectivity index (χ0n) is 21.0.